The van der Waals surface area contributed by atoms with Gasteiger partial charge in [0.25, 0.3) is 0 Å². The lowest BCUT2D eigenvalue weighted by atomic mass is 10.2. The van der Waals surface area contributed by atoms with Crippen LogP contribution in [0.5, 0.6) is 0 Å². The summed E-state index contributed by atoms with van der Waals surface area (Å²) in [5, 5.41) is 0. The Morgan fingerprint density at radius 3 is 2.83 bits per heavy atom. The van der Waals surface area contributed by atoms with Gasteiger partial charge in [-0.05, 0) is 20.2 Å². The molecule has 0 unspecified atom stereocenters. The summed E-state index contributed by atoms with van der Waals surface area (Å²) in [6.07, 6.45) is 1.70. The van der Waals surface area contributed by atoms with Crippen molar-refractivity contribution < 1.29 is 9.15 Å². The Kier molecular flexibility index (Phi) is 3.31. The lowest BCUT2D eigenvalue weighted by Crippen LogP contribution is -2.11. The van der Waals surface area contributed by atoms with Crippen LogP contribution in [0.1, 0.15) is 11.3 Å². The molecular weight excluding hydrogens is 154 g/mol. The zero-order valence-corrected chi connectivity index (χ0v) is 7.83. The van der Waals surface area contributed by atoms with Crippen LogP contribution in [0.4, 0.5) is 0 Å². The second-order valence-electron chi connectivity index (χ2n) is 3.04. The van der Waals surface area contributed by atoms with E-state index in [0.717, 1.165) is 17.9 Å². The first-order valence-corrected chi connectivity index (χ1v) is 3.93. The molecule has 0 aliphatic heterocycles. The summed E-state index contributed by atoms with van der Waals surface area (Å²) < 4.78 is 10.3. The molecule has 1 aromatic rings. The van der Waals surface area contributed by atoms with E-state index >= 15 is 0 Å². The van der Waals surface area contributed by atoms with Crippen molar-refractivity contribution >= 4 is 0 Å². The van der Waals surface area contributed by atoms with Gasteiger partial charge in [-0.3, -0.25) is 0 Å². The maximum absolute atomic E-state index is 5.31. The molecule has 0 saturated heterocycles. The quantitative estimate of drug-likeness (QED) is 0.682. The molecule has 1 aromatic heterocycles. The molecule has 0 aromatic carbocycles. The molecular formula is C9H15NO2. The summed E-state index contributed by atoms with van der Waals surface area (Å²) in [7, 11) is 5.71. The standard InChI is InChI=1S/C9H15NO2/c1-10(2)6-9-8(7-11-3)4-5-12-9/h4-5H,6-7H2,1-3H3. The minimum atomic E-state index is 0.625. The van der Waals surface area contributed by atoms with Crippen molar-refractivity contribution in [3.8, 4) is 0 Å². The number of furan rings is 1. The van der Waals surface area contributed by atoms with Gasteiger partial charge in [0.05, 0.1) is 19.4 Å². The Morgan fingerprint density at radius 2 is 2.25 bits per heavy atom. The second-order valence-corrected chi connectivity index (χ2v) is 3.04. The number of ether oxygens (including phenoxy) is 1. The third-order valence-electron chi connectivity index (χ3n) is 1.60. The Labute approximate surface area is 72.9 Å². The molecule has 0 aliphatic rings. The summed E-state index contributed by atoms with van der Waals surface area (Å²) >= 11 is 0. The van der Waals surface area contributed by atoms with E-state index < -0.39 is 0 Å². The molecule has 0 radical (unpaired) electrons. The molecule has 0 atom stereocenters. The van der Waals surface area contributed by atoms with Crippen LogP contribution in [0.3, 0.4) is 0 Å². The molecule has 0 spiro atoms. The summed E-state index contributed by atoms with van der Waals surface area (Å²) in [6, 6.07) is 1.95. The van der Waals surface area contributed by atoms with Crippen LogP contribution in [-0.2, 0) is 17.9 Å². The molecule has 3 heteroatoms. The van der Waals surface area contributed by atoms with Gasteiger partial charge in [0.15, 0.2) is 0 Å². The maximum Gasteiger partial charge on any atom is 0.123 e. The van der Waals surface area contributed by atoms with Crippen LogP contribution in [0.2, 0.25) is 0 Å². The van der Waals surface area contributed by atoms with E-state index in [4.69, 9.17) is 9.15 Å². The van der Waals surface area contributed by atoms with Crippen LogP contribution < -0.4 is 0 Å². The first-order valence-electron chi connectivity index (χ1n) is 3.93. The van der Waals surface area contributed by atoms with Crippen molar-refractivity contribution in [1.82, 2.24) is 4.90 Å². The SMILES string of the molecule is COCc1ccoc1CN(C)C. The number of rotatable bonds is 4. The molecule has 0 bridgehead atoms. The topological polar surface area (TPSA) is 25.6 Å². The molecule has 1 rings (SSSR count). The van der Waals surface area contributed by atoms with Crippen LogP contribution in [0.25, 0.3) is 0 Å². The van der Waals surface area contributed by atoms with Gasteiger partial charge in [0, 0.05) is 12.7 Å². The molecule has 68 valence electrons. The monoisotopic (exact) mass is 169 g/mol. The van der Waals surface area contributed by atoms with Gasteiger partial charge in [-0.15, -0.1) is 0 Å². The van der Waals surface area contributed by atoms with E-state index in [1.54, 1.807) is 13.4 Å². The number of nitrogens with zero attached hydrogens (tertiary/aromatic N) is 1. The van der Waals surface area contributed by atoms with Gasteiger partial charge >= 0.3 is 0 Å². The van der Waals surface area contributed by atoms with E-state index in [1.165, 1.54) is 0 Å². The lowest BCUT2D eigenvalue weighted by Gasteiger charge is -2.08. The van der Waals surface area contributed by atoms with E-state index in [9.17, 15) is 0 Å². The van der Waals surface area contributed by atoms with Gasteiger partial charge in [0.2, 0.25) is 0 Å². The molecule has 3 nitrogen and oxygen atoms in total. The number of hydrogen-bond acceptors (Lipinski definition) is 3. The highest BCUT2D eigenvalue weighted by Crippen LogP contribution is 2.12. The lowest BCUT2D eigenvalue weighted by molar-refractivity contribution is 0.181. The summed E-state index contributed by atoms with van der Waals surface area (Å²) in [5.74, 6) is 0.988. The predicted molar refractivity (Wildman–Crippen MR) is 46.8 cm³/mol. The Morgan fingerprint density at radius 1 is 1.50 bits per heavy atom. The molecule has 0 amide bonds. The van der Waals surface area contributed by atoms with Crippen molar-refractivity contribution in [1.29, 1.82) is 0 Å². The van der Waals surface area contributed by atoms with Gasteiger partial charge in [-0.1, -0.05) is 0 Å². The molecule has 0 fully saturated rings. The molecule has 0 aliphatic carbocycles. The van der Waals surface area contributed by atoms with E-state index in [2.05, 4.69) is 4.90 Å². The number of hydrogen-bond donors (Lipinski definition) is 0. The minimum Gasteiger partial charge on any atom is -0.468 e. The largest absolute Gasteiger partial charge is 0.468 e. The van der Waals surface area contributed by atoms with Crippen LogP contribution in [0, 0.1) is 0 Å². The summed E-state index contributed by atoms with van der Waals surface area (Å²) in [6.45, 7) is 1.45. The average Bonchev–Trinajstić information content (AvgIpc) is 2.37. The third kappa shape index (κ3) is 2.36. The van der Waals surface area contributed by atoms with Crippen LogP contribution in [0.15, 0.2) is 16.7 Å². The first-order chi connectivity index (χ1) is 5.74. The molecule has 1 heterocycles. The Hall–Kier alpha value is -0.800. The summed E-state index contributed by atoms with van der Waals surface area (Å²) in [5.41, 5.74) is 1.13. The Balaban J connectivity index is 2.63. The molecule has 0 N–H and O–H groups in total. The van der Waals surface area contributed by atoms with Crippen molar-refractivity contribution in [3.63, 3.8) is 0 Å². The van der Waals surface area contributed by atoms with Gasteiger partial charge in [0.1, 0.15) is 5.76 Å². The summed E-state index contributed by atoms with van der Waals surface area (Å²) in [4.78, 5) is 2.07. The van der Waals surface area contributed by atoms with Crippen LogP contribution in [-0.4, -0.2) is 26.1 Å². The fourth-order valence-electron chi connectivity index (χ4n) is 1.08. The van der Waals surface area contributed by atoms with Gasteiger partial charge < -0.3 is 14.1 Å². The maximum atomic E-state index is 5.31. The fourth-order valence-corrected chi connectivity index (χ4v) is 1.08. The smallest absolute Gasteiger partial charge is 0.123 e. The Bertz CT molecular complexity index is 230. The van der Waals surface area contributed by atoms with Crippen molar-refractivity contribution in [2.45, 2.75) is 13.2 Å². The zero-order chi connectivity index (χ0) is 8.97. The zero-order valence-electron chi connectivity index (χ0n) is 7.83. The van der Waals surface area contributed by atoms with Crippen LogP contribution >= 0.6 is 0 Å². The van der Waals surface area contributed by atoms with Crippen molar-refractivity contribution in [2.24, 2.45) is 0 Å². The third-order valence-corrected chi connectivity index (χ3v) is 1.60. The predicted octanol–water partition coefficient (Wildman–Crippen LogP) is 1.49. The average molecular weight is 169 g/mol. The highest BCUT2D eigenvalue weighted by Gasteiger charge is 2.05. The fraction of sp³-hybridized carbons (Fsp3) is 0.556. The molecule has 0 saturated carbocycles. The van der Waals surface area contributed by atoms with Crippen molar-refractivity contribution in [2.75, 3.05) is 21.2 Å². The highest BCUT2D eigenvalue weighted by molar-refractivity contribution is 5.15. The van der Waals surface area contributed by atoms with Gasteiger partial charge in [-0.2, -0.15) is 0 Å². The second kappa shape index (κ2) is 4.28. The highest BCUT2D eigenvalue weighted by atomic mass is 16.5. The first kappa shape index (κ1) is 9.29. The van der Waals surface area contributed by atoms with E-state index in [1.807, 2.05) is 20.2 Å². The van der Waals surface area contributed by atoms with Crippen molar-refractivity contribution in [3.05, 3.63) is 23.7 Å². The molecule has 12 heavy (non-hydrogen) atoms. The number of methoxy groups -OCH3 is 1. The minimum absolute atomic E-state index is 0.625. The van der Waals surface area contributed by atoms with Gasteiger partial charge in [-0.25, -0.2) is 0 Å². The van der Waals surface area contributed by atoms with E-state index in [-0.39, 0.29) is 0 Å². The van der Waals surface area contributed by atoms with E-state index in [0.29, 0.717) is 6.61 Å². The normalized spacial score (nSPS) is 11.0.